The number of H-pyrrole nitrogens is 1. The average molecular weight is 361 g/mol. The first-order valence-corrected chi connectivity index (χ1v) is 9.82. The van der Waals surface area contributed by atoms with E-state index in [1.165, 1.54) is 21.6 Å². The second-order valence-corrected chi connectivity index (χ2v) is 8.03. The molecular formula is C21H19N3OS. The van der Waals surface area contributed by atoms with Gasteiger partial charge in [0.15, 0.2) is 0 Å². The van der Waals surface area contributed by atoms with Crippen LogP contribution in [0.5, 0.6) is 0 Å². The van der Waals surface area contributed by atoms with E-state index in [2.05, 4.69) is 40.3 Å². The first kappa shape index (κ1) is 15.7. The van der Waals surface area contributed by atoms with Crippen molar-refractivity contribution in [3.63, 3.8) is 0 Å². The molecule has 1 aromatic carbocycles. The Morgan fingerprint density at radius 2 is 2.15 bits per heavy atom. The lowest BCUT2D eigenvalue weighted by Gasteiger charge is -2.28. The monoisotopic (exact) mass is 361 g/mol. The zero-order valence-electron chi connectivity index (χ0n) is 14.3. The fourth-order valence-electron chi connectivity index (χ4n) is 3.86. The van der Waals surface area contributed by atoms with Crippen molar-refractivity contribution in [2.45, 2.75) is 23.0 Å². The van der Waals surface area contributed by atoms with Crippen molar-refractivity contribution >= 4 is 34.3 Å². The van der Waals surface area contributed by atoms with Crippen molar-refractivity contribution in [1.29, 1.82) is 0 Å². The molecule has 2 aromatic heterocycles. The summed E-state index contributed by atoms with van der Waals surface area (Å²) in [5, 5.41) is 1.18. The Morgan fingerprint density at radius 1 is 1.23 bits per heavy atom. The molecule has 0 bridgehead atoms. The highest BCUT2D eigenvalue weighted by molar-refractivity contribution is 8.01. The third-order valence-electron chi connectivity index (χ3n) is 5.24. The molecule has 130 valence electrons. The maximum Gasteiger partial charge on any atom is 0.236 e. The summed E-state index contributed by atoms with van der Waals surface area (Å²) in [6.07, 6.45) is 7.77. The highest BCUT2D eigenvalue weighted by Crippen LogP contribution is 2.38. The van der Waals surface area contributed by atoms with Crippen molar-refractivity contribution in [3.8, 4) is 0 Å². The fourth-order valence-corrected chi connectivity index (χ4v) is 5.14. The minimum Gasteiger partial charge on any atom is -0.346 e. The summed E-state index contributed by atoms with van der Waals surface area (Å²) in [6.45, 7) is 1.47. The summed E-state index contributed by atoms with van der Waals surface area (Å²) in [5.41, 5.74) is 4.73. The normalized spacial score (nSPS) is 19.5. The Morgan fingerprint density at radius 3 is 3.00 bits per heavy atom. The topological polar surface area (TPSA) is 49.0 Å². The number of rotatable bonds is 2. The zero-order chi connectivity index (χ0) is 17.5. The third-order valence-corrected chi connectivity index (χ3v) is 6.55. The number of aromatic amines is 1. The summed E-state index contributed by atoms with van der Waals surface area (Å²) in [7, 11) is 0. The van der Waals surface area contributed by atoms with Crippen LogP contribution in [0.15, 0.2) is 59.8 Å². The summed E-state index contributed by atoms with van der Waals surface area (Å²) in [5.74, 6) is 0.266. The number of pyridine rings is 1. The molecule has 0 spiro atoms. The number of benzene rings is 1. The van der Waals surface area contributed by atoms with Gasteiger partial charge in [0.2, 0.25) is 5.91 Å². The Labute approximate surface area is 156 Å². The van der Waals surface area contributed by atoms with Crippen LogP contribution in [0.25, 0.3) is 16.6 Å². The minimum absolute atomic E-state index is 0.0274. The fraction of sp³-hybridized carbons (Fsp3) is 0.238. The van der Waals surface area contributed by atoms with Crippen LogP contribution < -0.4 is 0 Å². The standard InChI is InChI=1S/C21H19N3OS/c25-21(19-12-15-4-1-2-6-18(15)26-19)24-10-7-14(8-11-24)17-13-23-20-16(17)5-3-9-22-20/h1-7,9,13,19H,8,10-12H2,(H,22,23). The van der Waals surface area contributed by atoms with Gasteiger partial charge in [-0.3, -0.25) is 4.79 Å². The first-order valence-electron chi connectivity index (χ1n) is 8.94. The SMILES string of the molecule is O=C(C1Cc2ccccc2S1)N1CC=C(c2c[nH]c3ncccc23)CC1. The maximum absolute atomic E-state index is 12.9. The van der Waals surface area contributed by atoms with E-state index in [9.17, 15) is 4.79 Å². The summed E-state index contributed by atoms with van der Waals surface area (Å²) < 4.78 is 0. The van der Waals surface area contributed by atoms with E-state index in [1.54, 1.807) is 18.0 Å². The summed E-state index contributed by atoms with van der Waals surface area (Å²) >= 11 is 1.71. The molecule has 4 heterocycles. The van der Waals surface area contributed by atoms with Gasteiger partial charge >= 0.3 is 0 Å². The Balaban J connectivity index is 1.32. The summed E-state index contributed by atoms with van der Waals surface area (Å²) in [6, 6.07) is 12.4. The molecule has 1 amide bonds. The number of fused-ring (bicyclic) bond motifs is 2. The largest absolute Gasteiger partial charge is 0.346 e. The van der Waals surface area contributed by atoms with Gasteiger partial charge in [-0.1, -0.05) is 24.3 Å². The van der Waals surface area contributed by atoms with Gasteiger partial charge in [-0.2, -0.15) is 0 Å². The molecule has 1 unspecified atom stereocenters. The van der Waals surface area contributed by atoms with E-state index < -0.39 is 0 Å². The molecule has 26 heavy (non-hydrogen) atoms. The van der Waals surface area contributed by atoms with Crippen LogP contribution in [0.3, 0.4) is 0 Å². The quantitative estimate of drug-likeness (QED) is 0.753. The van der Waals surface area contributed by atoms with Crippen LogP contribution >= 0.6 is 11.8 Å². The van der Waals surface area contributed by atoms with Gasteiger partial charge in [0.25, 0.3) is 0 Å². The maximum atomic E-state index is 12.9. The van der Waals surface area contributed by atoms with Crippen LogP contribution in [0.1, 0.15) is 17.5 Å². The molecular weight excluding hydrogens is 342 g/mol. The van der Waals surface area contributed by atoms with Gasteiger partial charge < -0.3 is 9.88 Å². The number of carbonyl (C=O) groups is 1. The molecule has 5 rings (SSSR count). The van der Waals surface area contributed by atoms with E-state index >= 15 is 0 Å². The molecule has 0 saturated heterocycles. The number of carbonyl (C=O) groups excluding carboxylic acids is 1. The molecule has 5 heteroatoms. The van der Waals surface area contributed by atoms with Crippen LogP contribution in [-0.2, 0) is 11.2 Å². The van der Waals surface area contributed by atoms with Crippen molar-refractivity contribution in [3.05, 3.63) is 66.0 Å². The highest BCUT2D eigenvalue weighted by atomic mass is 32.2. The van der Waals surface area contributed by atoms with Crippen molar-refractivity contribution in [1.82, 2.24) is 14.9 Å². The predicted octanol–water partition coefficient (Wildman–Crippen LogP) is 3.90. The Bertz CT molecular complexity index is 998. The molecule has 0 aliphatic carbocycles. The lowest BCUT2D eigenvalue weighted by molar-refractivity contribution is -0.130. The molecule has 0 radical (unpaired) electrons. The van der Waals surface area contributed by atoms with E-state index in [1.807, 2.05) is 23.2 Å². The number of hydrogen-bond acceptors (Lipinski definition) is 3. The minimum atomic E-state index is 0.0274. The van der Waals surface area contributed by atoms with E-state index in [0.717, 1.165) is 30.4 Å². The smallest absolute Gasteiger partial charge is 0.236 e. The molecule has 0 fully saturated rings. The average Bonchev–Trinajstić information content (AvgIpc) is 3.32. The Hall–Kier alpha value is -2.53. The number of aromatic nitrogens is 2. The lowest BCUT2D eigenvalue weighted by atomic mass is 9.99. The number of nitrogens with zero attached hydrogens (tertiary/aromatic N) is 2. The van der Waals surface area contributed by atoms with Crippen molar-refractivity contribution in [2.75, 3.05) is 13.1 Å². The van der Waals surface area contributed by atoms with E-state index in [-0.39, 0.29) is 11.2 Å². The van der Waals surface area contributed by atoms with Gasteiger partial charge in [-0.15, -0.1) is 11.8 Å². The Kier molecular flexibility index (Phi) is 3.82. The molecule has 0 saturated carbocycles. The molecule has 4 nitrogen and oxygen atoms in total. The second kappa shape index (κ2) is 6.32. The molecule has 1 N–H and O–H groups in total. The highest BCUT2D eigenvalue weighted by Gasteiger charge is 2.32. The third kappa shape index (κ3) is 2.63. The molecule has 2 aliphatic rings. The van der Waals surface area contributed by atoms with Crippen LogP contribution in [0.2, 0.25) is 0 Å². The van der Waals surface area contributed by atoms with Gasteiger partial charge in [-0.05, 0) is 42.2 Å². The number of thioether (sulfide) groups is 1. The lowest BCUT2D eigenvalue weighted by Crippen LogP contribution is -2.40. The first-order chi connectivity index (χ1) is 12.8. The summed E-state index contributed by atoms with van der Waals surface area (Å²) in [4.78, 5) is 23.8. The van der Waals surface area contributed by atoms with Gasteiger partial charge in [0, 0.05) is 41.3 Å². The number of nitrogens with one attached hydrogen (secondary N) is 1. The molecule has 2 aliphatic heterocycles. The van der Waals surface area contributed by atoms with Crippen LogP contribution in [0, 0.1) is 0 Å². The van der Waals surface area contributed by atoms with Crippen molar-refractivity contribution < 1.29 is 4.79 Å². The van der Waals surface area contributed by atoms with Crippen LogP contribution in [0.4, 0.5) is 0 Å². The van der Waals surface area contributed by atoms with Gasteiger partial charge in [-0.25, -0.2) is 4.98 Å². The predicted molar refractivity (Wildman–Crippen MR) is 105 cm³/mol. The second-order valence-electron chi connectivity index (χ2n) is 6.78. The number of amides is 1. The van der Waals surface area contributed by atoms with E-state index in [4.69, 9.17) is 0 Å². The zero-order valence-corrected chi connectivity index (χ0v) is 15.1. The van der Waals surface area contributed by atoms with E-state index in [0.29, 0.717) is 6.54 Å². The molecule has 3 aromatic rings. The number of hydrogen-bond donors (Lipinski definition) is 1. The van der Waals surface area contributed by atoms with Crippen LogP contribution in [-0.4, -0.2) is 39.1 Å². The molecule has 1 atom stereocenters. The van der Waals surface area contributed by atoms with Gasteiger partial charge in [0.05, 0.1) is 5.25 Å². The van der Waals surface area contributed by atoms with Gasteiger partial charge in [0.1, 0.15) is 5.65 Å². The van der Waals surface area contributed by atoms with Crippen molar-refractivity contribution in [2.24, 2.45) is 0 Å².